The molecule has 3 N–H and O–H groups in total. The first kappa shape index (κ1) is 16.4. The molecule has 0 aliphatic rings. The summed E-state index contributed by atoms with van der Waals surface area (Å²) in [4.78, 5) is 1.49. The summed E-state index contributed by atoms with van der Waals surface area (Å²) in [7, 11) is -2.03. The molecule has 1 aromatic rings. The monoisotopic (exact) mass is 353 g/mol. The number of nitrogens with one attached hydrogen (secondary N) is 1. The van der Waals surface area contributed by atoms with Gasteiger partial charge in [0.25, 0.3) is 0 Å². The van der Waals surface area contributed by atoms with Gasteiger partial charge in [-0.15, -0.1) is 0 Å². The fraction of sp³-hybridized carbons (Fsp3) is 0.455. The molecule has 1 aromatic carbocycles. The van der Waals surface area contributed by atoms with E-state index < -0.39 is 20.7 Å². The molecule has 19 heavy (non-hydrogen) atoms. The normalized spacial score (nSPS) is 12.1. The molecule has 0 aliphatic carbocycles. The van der Waals surface area contributed by atoms with Gasteiger partial charge in [0.2, 0.25) is 10.0 Å². The maximum atomic E-state index is 13.8. The van der Waals surface area contributed by atoms with Gasteiger partial charge in [-0.3, -0.25) is 0 Å². The van der Waals surface area contributed by atoms with Crippen molar-refractivity contribution in [3.63, 3.8) is 0 Å². The molecule has 5 nitrogen and oxygen atoms in total. The van der Waals surface area contributed by atoms with Gasteiger partial charge in [-0.05, 0) is 41.7 Å². The molecular weight excluding hydrogens is 337 g/mol. The van der Waals surface area contributed by atoms with Crippen molar-refractivity contribution >= 4 is 31.6 Å². The van der Waals surface area contributed by atoms with Crippen molar-refractivity contribution in [2.45, 2.75) is 11.8 Å². The second-order valence-corrected chi connectivity index (χ2v) is 6.70. The van der Waals surface area contributed by atoms with Crippen LogP contribution in [0, 0.1) is 5.82 Å². The van der Waals surface area contributed by atoms with Gasteiger partial charge in [-0.1, -0.05) is 6.92 Å². The van der Waals surface area contributed by atoms with E-state index in [4.69, 9.17) is 5.73 Å². The van der Waals surface area contributed by atoms with E-state index in [0.717, 1.165) is 12.6 Å². The Morgan fingerprint density at radius 3 is 2.68 bits per heavy atom. The topological polar surface area (TPSA) is 75.4 Å². The summed E-state index contributed by atoms with van der Waals surface area (Å²) in [6, 6.07) is 2.42. The molecule has 0 fully saturated rings. The van der Waals surface area contributed by atoms with Crippen molar-refractivity contribution in [3.05, 3.63) is 22.4 Å². The molecule has 108 valence electrons. The maximum absolute atomic E-state index is 13.8. The molecule has 1 rings (SSSR count). The van der Waals surface area contributed by atoms with Gasteiger partial charge in [0.15, 0.2) is 5.82 Å². The summed E-state index contributed by atoms with van der Waals surface area (Å²) in [6.45, 7) is 3.52. The number of anilines is 1. The molecule has 8 heteroatoms. The van der Waals surface area contributed by atoms with Crippen LogP contribution in [0.15, 0.2) is 21.5 Å². The average Bonchev–Trinajstić information content (AvgIpc) is 2.33. The molecule has 0 saturated carbocycles. The number of rotatable bonds is 6. The van der Waals surface area contributed by atoms with Crippen molar-refractivity contribution in [2.24, 2.45) is 0 Å². The Bertz CT molecular complexity index is 551. The lowest BCUT2D eigenvalue weighted by Crippen LogP contribution is -2.33. The van der Waals surface area contributed by atoms with Crippen LogP contribution in [0.4, 0.5) is 10.1 Å². The Morgan fingerprint density at radius 2 is 2.11 bits per heavy atom. The molecule has 0 amide bonds. The molecular formula is C11H17BrFN3O2S. The van der Waals surface area contributed by atoms with E-state index >= 15 is 0 Å². The molecule has 0 saturated heterocycles. The second kappa shape index (κ2) is 6.65. The molecule has 0 radical (unpaired) electrons. The fourth-order valence-corrected chi connectivity index (χ4v) is 3.15. The SMILES string of the molecule is CCN(C)CCNS(=O)(=O)c1cc(N)cc(Br)c1F. The van der Waals surface area contributed by atoms with Crippen LogP contribution in [0.5, 0.6) is 0 Å². The summed E-state index contributed by atoms with van der Waals surface area (Å²) < 4.78 is 40.1. The van der Waals surface area contributed by atoms with Gasteiger partial charge >= 0.3 is 0 Å². The van der Waals surface area contributed by atoms with E-state index in [0.29, 0.717) is 6.54 Å². The van der Waals surface area contributed by atoms with Crippen LogP contribution in [0.1, 0.15) is 6.92 Å². The zero-order chi connectivity index (χ0) is 14.6. The molecule has 0 aromatic heterocycles. The Morgan fingerprint density at radius 1 is 1.47 bits per heavy atom. The van der Waals surface area contributed by atoms with Gasteiger partial charge in [-0.2, -0.15) is 0 Å². The number of sulfonamides is 1. The Kier molecular flexibility index (Phi) is 5.72. The number of hydrogen-bond donors (Lipinski definition) is 2. The van der Waals surface area contributed by atoms with Crippen molar-refractivity contribution in [1.29, 1.82) is 0 Å². The minimum atomic E-state index is -3.90. The van der Waals surface area contributed by atoms with Crippen LogP contribution >= 0.6 is 15.9 Å². The molecule has 0 spiro atoms. The predicted octanol–water partition coefficient (Wildman–Crippen LogP) is 1.40. The summed E-state index contributed by atoms with van der Waals surface area (Å²) in [5.74, 6) is -0.842. The van der Waals surface area contributed by atoms with E-state index in [1.54, 1.807) is 0 Å². The standard InChI is InChI=1S/C11H17BrFN3O2S/c1-3-16(2)5-4-15-19(17,18)10-7-8(14)6-9(12)11(10)13/h6-7,15H,3-5,14H2,1-2H3. The molecule has 0 bridgehead atoms. The van der Waals surface area contributed by atoms with E-state index in [1.165, 1.54) is 6.07 Å². The predicted molar refractivity (Wildman–Crippen MR) is 76.9 cm³/mol. The van der Waals surface area contributed by atoms with Crippen LogP contribution in [0.3, 0.4) is 0 Å². The van der Waals surface area contributed by atoms with Crippen LogP contribution in [-0.2, 0) is 10.0 Å². The van der Waals surface area contributed by atoms with Gasteiger partial charge in [0.05, 0.1) is 4.47 Å². The quantitative estimate of drug-likeness (QED) is 0.758. The summed E-state index contributed by atoms with van der Waals surface area (Å²) in [5.41, 5.74) is 5.71. The van der Waals surface area contributed by atoms with Crippen LogP contribution in [-0.4, -0.2) is 40.0 Å². The van der Waals surface area contributed by atoms with Gasteiger partial charge in [-0.25, -0.2) is 17.5 Å². The Balaban J connectivity index is 2.89. The van der Waals surface area contributed by atoms with E-state index in [-0.39, 0.29) is 16.7 Å². The number of nitrogen functional groups attached to an aromatic ring is 1. The lowest BCUT2D eigenvalue weighted by atomic mass is 10.3. The van der Waals surface area contributed by atoms with Crippen molar-refractivity contribution in [1.82, 2.24) is 9.62 Å². The maximum Gasteiger partial charge on any atom is 0.243 e. The molecule has 0 aliphatic heterocycles. The highest BCUT2D eigenvalue weighted by molar-refractivity contribution is 9.10. The van der Waals surface area contributed by atoms with Crippen LogP contribution in [0.2, 0.25) is 0 Å². The number of nitrogens with two attached hydrogens (primary N) is 1. The third-order valence-corrected chi connectivity index (χ3v) is 4.67. The summed E-state index contributed by atoms with van der Waals surface area (Å²) in [6.07, 6.45) is 0. The lowest BCUT2D eigenvalue weighted by Gasteiger charge is -2.14. The van der Waals surface area contributed by atoms with Crippen LogP contribution < -0.4 is 10.5 Å². The summed E-state index contributed by atoms with van der Waals surface area (Å²) >= 11 is 2.94. The minimum absolute atomic E-state index is 0.0264. The van der Waals surface area contributed by atoms with Crippen molar-refractivity contribution in [3.8, 4) is 0 Å². The van der Waals surface area contributed by atoms with Gasteiger partial charge < -0.3 is 10.6 Å². The van der Waals surface area contributed by atoms with Crippen molar-refractivity contribution < 1.29 is 12.8 Å². The van der Waals surface area contributed by atoms with E-state index in [2.05, 4.69) is 20.7 Å². The highest BCUT2D eigenvalue weighted by atomic mass is 79.9. The van der Waals surface area contributed by atoms with Crippen LogP contribution in [0.25, 0.3) is 0 Å². The van der Waals surface area contributed by atoms with E-state index in [9.17, 15) is 12.8 Å². The zero-order valence-corrected chi connectivity index (χ0v) is 13.2. The minimum Gasteiger partial charge on any atom is -0.399 e. The molecule has 0 heterocycles. The third-order valence-electron chi connectivity index (χ3n) is 2.63. The highest BCUT2D eigenvalue weighted by Gasteiger charge is 2.21. The average molecular weight is 354 g/mol. The van der Waals surface area contributed by atoms with E-state index in [1.807, 2.05) is 18.9 Å². The number of hydrogen-bond acceptors (Lipinski definition) is 4. The number of benzene rings is 1. The Hall–Kier alpha value is -0.700. The smallest absolute Gasteiger partial charge is 0.243 e. The summed E-state index contributed by atoms with van der Waals surface area (Å²) in [5, 5.41) is 0. The first-order chi connectivity index (χ1) is 8.77. The fourth-order valence-electron chi connectivity index (χ4n) is 1.39. The first-order valence-corrected chi connectivity index (χ1v) is 7.98. The largest absolute Gasteiger partial charge is 0.399 e. The van der Waals surface area contributed by atoms with Gasteiger partial charge in [0, 0.05) is 18.8 Å². The molecule has 0 atom stereocenters. The second-order valence-electron chi connectivity index (χ2n) is 4.11. The number of halogens is 2. The number of likely N-dealkylation sites (N-methyl/N-ethyl adjacent to an activating group) is 1. The zero-order valence-electron chi connectivity index (χ0n) is 10.8. The van der Waals surface area contributed by atoms with Crippen molar-refractivity contribution in [2.75, 3.05) is 32.4 Å². The highest BCUT2D eigenvalue weighted by Crippen LogP contribution is 2.25. The Labute approximate surface area is 121 Å². The first-order valence-electron chi connectivity index (χ1n) is 5.70. The lowest BCUT2D eigenvalue weighted by molar-refractivity contribution is 0.357. The molecule has 0 unspecified atom stereocenters. The third kappa shape index (κ3) is 4.41. The van der Waals surface area contributed by atoms with Gasteiger partial charge in [0.1, 0.15) is 4.90 Å². The number of nitrogens with zero attached hydrogens (tertiary/aromatic N) is 1.